The van der Waals surface area contributed by atoms with Gasteiger partial charge in [-0.3, -0.25) is 0 Å². The lowest BCUT2D eigenvalue weighted by molar-refractivity contribution is 0.400. The van der Waals surface area contributed by atoms with E-state index in [1.807, 2.05) is 19.9 Å². The second kappa shape index (κ2) is 6.51. The van der Waals surface area contributed by atoms with Crippen LogP contribution >= 0.6 is 0 Å². The Morgan fingerprint density at radius 3 is 2.52 bits per heavy atom. The molecule has 1 saturated heterocycles. The van der Waals surface area contributed by atoms with E-state index in [2.05, 4.69) is 10.0 Å². The maximum atomic E-state index is 12.3. The Hall–Kier alpha value is -0.960. The fraction of sp³-hybridized carbons (Fsp3) is 0.600. The Bertz CT molecular complexity index is 788. The molecule has 2 rings (SSSR count). The lowest BCUT2D eigenvalue weighted by atomic mass is 10.0. The summed E-state index contributed by atoms with van der Waals surface area (Å²) in [5, 5.41) is 3.16. The van der Waals surface area contributed by atoms with Crippen molar-refractivity contribution in [2.24, 2.45) is 0 Å². The number of rotatable bonds is 6. The predicted molar refractivity (Wildman–Crippen MR) is 90.8 cm³/mol. The van der Waals surface area contributed by atoms with E-state index in [-0.39, 0.29) is 22.9 Å². The fourth-order valence-corrected chi connectivity index (χ4v) is 6.26. The molecule has 0 aromatic heterocycles. The van der Waals surface area contributed by atoms with Crippen molar-refractivity contribution in [3.8, 4) is 0 Å². The molecule has 1 heterocycles. The third-order valence-electron chi connectivity index (χ3n) is 4.11. The molecule has 1 aromatic rings. The van der Waals surface area contributed by atoms with Crippen molar-refractivity contribution in [2.75, 3.05) is 24.6 Å². The highest BCUT2D eigenvalue weighted by Crippen LogP contribution is 2.22. The molecule has 23 heavy (non-hydrogen) atoms. The van der Waals surface area contributed by atoms with Crippen molar-refractivity contribution >= 4 is 19.9 Å². The van der Waals surface area contributed by atoms with Gasteiger partial charge in [0.15, 0.2) is 9.84 Å². The van der Waals surface area contributed by atoms with Gasteiger partial charge in [-0.1, -0.05) is 12.1 Å². The first-order chi connectivity index (χ1) is 10.5. The second-order valence-electron chi connectivity index (χ2n) is 6.50. The van der Waals surface area contributed by atoms with E-state index in [0.29, 0.717) is 18.5 Å². The van der Waals surface area contributed by atoms with Gasteiger partial charge >= 0.3 is 0 Å². The molecule has 0 amide bonds. The molecule has 2 N–H and O–H groups in total. The van der Waals surface area contributed by atoms with Gasteiger partial charge in [-0.15, -0.1) is 0 Å². The molecule has 0 saturated carbocycles. The van der Waals surface area contributed by atoms with Crippen molar-refractivity contribution in [3.63, 3.8) is 0 Å². The maximum absolute atomic E-state index is 12.3. The molecular formula is C15H24N2O4S2. The Morgan fingerprint density at radius 1 is 1.22 bits per heavy atom. The van der Waals surface area contributed by atoms with Crippen molar-refractivity contribution < 1.29 is 16.8 Å². The van der Waals surface area contributed by atoms with E-state index in [1.165, 1.54) is 0 Å². The monoisotopic (exact) mass is 360 g/mol. The molecule has 1 atom stereocenters. The van der Waals surface area contributed by atoms with Gasteiger partial charge in [-0.2, -0.15) is 0 Å². The molecule has 0 unspecified atom stereocenters. The van der Waals surface area contributed by atoms with Crippen LogP contribution in [0, 0.1) is 13.8 Å². The average Bonchev–Trinajstić information content (AvgIpc) is 2.72. The molecule has 0 aliphatic carbocycles. The zero-order chi connectivity index (χ0) is 17.3. The minimum absolute atomic E-state index is 0.101. The Labute approximate surface area is 138 Å². The van der Waals surface area contributed by atoms with Crippen LogP contribution in [-0.4, -0.2) is 47.0 Å². The van der Waals surface area contributed by atoms with Crippen molar-refractivity contribution in [1.82, 2.24) is 10.0 Å². The smallest absolute Gasteiger partial charge is 0.240 e. The number of nitrogens with one attached hydrogen (secondary N) is 2. The standard InChI is InChI=1S/C15H24N2O4S2/c1-12-4-5-13(2)14(10-12)23(20,21)17-8-7-16-15(3)6-9-22(18,19)11-15/h4-5,10,16-17H,6-9,11H2,1-3H3/t15-/m0/s1. The van der Waals surface area contributed by atoms with Gasteiger partial charge in [-0.05, 0) is 44.4 Å². The van der Waals surface area contributed by atoms with Gasteiger partial charge in [0, 0.05) is 18.6 Å². The van der Waals surface area contributed by atoms with E-state index in [1.54, 1.807) is 19.1 Å². The first kappa shape index (κ1) is 18.4. The summed E-state index contributed by atoms with van der Waals surface area (Å²) in [6.45, 7) is 6.07. The molecule has 6 nitrogen and oxygen atoms in total. The molecule has 0 bridgehead atoms. The van der Waals surface area contributed by atoms with Crippen LogP contribution in [0.4, 0.5) is 0 Å². The molecule has 130 valence electrons. The highest BCUT2D eigenvalue weighted by atomic mass is 32.2. The van der Waals surface area contributed by atoms with Gasteiger partial charge < -0.3 is 5.32 Å². The number of aryl methyl sites for hydroxylation is 2. The van der Waals surface area contributed by atoms with Crippen LogP contribution in [0.5, 0.6) is 0 Å². The number of sulfonamides is 1. The van der Waals surface area contributed by atoms with Crippen molar-refractivity contribution in [3.05, 3.63) is 29.3 Å². The first-order valence-corrected chi connectivity index (χ1v) is 10.9. The first-order valence-electron chi connectivity index (χ1n) is 7.55. The molecule has 0 spiro atoms. The van der Waals surface area contributed by atoms with Crippen LogP contribution in [-0.2, 0) is 19.9 Å². The molecule has 1 aromatic carbocycles. The third-order valence-corrected chi connectivity index (χ3v) is 7.61. The minimum Gasteiger partial charge on any atom is -0.309 e. The summed E-state index contributed by atoms with van der Waals surface area (Å²) in [6.07, 6.45) is 0.555. The zero-order valence-electron chi connectivity index (χ0n) is 13.7. The Kier molecular flexibility index (Phi) is 5.20. The van der Waals surface area contributed by atoms with Crippen LogP contribution in [0.3, 0.4) is 0 Å². The van der Waals surface area contributed by atoms with Crippen LogP contribution in [0.2, 0.25) is 0 Å². The largest absolute Gasteiger partial charge is 0.309 e. The highest BCUT2D eigenvalue weighted by molar-refractivity contribution is 7.91. The van der Waals surface area contributed by atoms with Gasteiger partial charge in [0.2, 0.25) is 10.0 Å². The summed E-state index contributed by atoms with van der Waals surface area (Å²) in [5.74, 6) is 0.286. The summed E-state index contributed by atoms with van der Waals surface area (Å²) >= 11 is 0. The summed E-state index contributed by atoms with van der Waals surface area (Å²) < 4.78 is 50.3. The fourth-order valence-electron chi connectivity index (χ4n) is 2.77. The number of hydrogen-bond acceptors (Lipinski definition) is 5. The lowest BCUT2D eigenvalue weighted by Gasteiger charge is -2.24. The van der Waals surface area contributed by atoms with Gasteiger partial charge in [-0.25, -0.2) is 21.6 Å². The predicted octanol–water partition coefficient (Wildman–Crippen LogP) is 0.749. The van der Waals surface area contributed by atoms with E-state index in [0.717, 1.165) is 5.56 Å². The van der Waals surface area contributed by atoms with E-state index in [9.17, 15) is 16.8 Å². The molecular weight excluding hydrogens is 336 g/mol. The third kappa shape index (κ3) is 4.76. The summed E-state index contributed by atoms with van der Waals surface area (Å²) in [4.78, 5) is 0.284. The molecule has 1 fully saturated rings. The molecule has 8 heteroatoms. The average molecular weight is 361 g/mol. The van der Waals surface area contributed by atoms with Gasteiger partial charge in [0.05, 0.1) is 16.4 Å². The summed E-state index contributed by atoms with van der Waals surface area (Å²) in [6, 6.07) is 5.31. The number of benzene rings is 1. The van der Waals surface area contributed by atoms with Gasteiger partial charge in [0.1, 0.15) is 0 Å². The van der Waals surface area contributed by atoms with E-state index >= 15 is 0 Å². The minimum atomic E-state index is -3.56. The number of hydrogen-bond donors (Lipinski definition) is 2. The van der Waals surface area contributed by atoms with Crippen molar-refractivity contribution in [1.29, 1.82) is 0 Å². The van der Waals surface area contributed by atoms with E-state index in [4.69, 9.17) is 0 Å². The Morgan fingerprint density at radius 2 is 1.91 bits per heavy atom. The van der Waals surface area contributed by atoms with Crippen LogP contribution in [0.15, 0.2) is 23.1 Å². The number of sulfone groups is 1. The lowest BCUT2D eigenvalue weighted by Crippen LogP contribution is -2.46. The van der Waals surface area contributed by atoms with Crippen LogP contribution in [0.25, 0.3) is 0 Å². The quantitative estimate of drug-likeness (QED) is 0.730. The normalized spacial score (nSPS) is 24.0. The zero-order valence-corrected chi connectivity index (χ0v) is 15.4. The molecule has 1 aliphatic rings. The Balaban J connectivity index is 1.92. The summed E-state index contributed by atoms with van der Waals surface area (Å²) in [5.41, 5.74) is 1.12. The molecule has 0 radical (unpaired) electrons. The van der Waals surface area contributed by atoms with E-state index < -0.39 is 25.4 Å². The highest BCUT2D eigenvalue weighted by Gasteiger charge is 2.37. The second-order valence-corrected chi connectivity index (χ2v) is 10.4. The van der Waals surface area contributed by atoms with Crippen LogP contribution < -0.4 is 10.0 Å². The maximum Gasteiger partial charge on any atom is 0.240 e. The van der Waals surface area contributed by atoms with Crippen LogP contribution in [0.1, 0.15) is 24.5 Å². The van der Waals surface area contributed by atoms with Crippen molar-refractivity contribution in [2.45, 2.75) is 37.6 Å². The SMILES string of the molecule is Cc1ccc(C)c(S(=O)(=O)NCCN[C@@]2(C)CCS(=O)(=O)C2)c1. The van der Waals surface area contributed by atoms with Gasteiger partial charge in [0.25, 0.3) is 0 Å². The molecule has 1 aliphatic heterocycles. The summed E-state index contributed by atoms with van der Waals surface area (Å²) in [7, 11) is -6.53. The topological polar surface area (TPSA) is 92.3 Å².